The van der Waals surface area contributed by atoms with E-state index >= 15 is 0 Å². The standard InChI is InChI=1S/C8H7NO2S/c9-5-7-2-1-3-8(4-7)6-12(10)11/h1-4H,6H2,(H,10,11)/p-1. The molecule has 1 atom stereocenters. The second-order valence-corrected chi connectivity index (χ2v) is 3.16. The predicted molar refractivity (Wildman–Crippen MR) is 43.8 cm³/mol. The fraction of sp³-hybridized carbons (Fsp3) is 0.125. The van der Waals surface area contributed by atoms with Crippen LogP contribution in [0.1, 0.15) is 11.1 Å². The molecule has 0 bridgehead atoms. The molecular weight excluding hydrogens is 174 g/mol. The third kappa shape index (κ3) is 2.46. The van der Waals surface area contributed by atoms with E-state index in [1.165, 1.54) is 0 Å². The van der Waals surface area contributed by atoms with Crippen LogP contribution >= 0.6 is 0 Å². The molecule has 0 radical (unpaired) electrons. The summed E-state index contributed by atoms with van der Waals surface area (Å²) in [6.07, 6.45) is 0. The van der Waals surface area contributed by atoms with Gasteiger partial charge in [-0.15, -0.1) is 0 Å². The van der Waals surface area contributed by atoms with Crippen LogP contribution in [-0.4, -0.2) is 8.76 Å². The van der Waals surface area contributed by atoms with E-state index in [4.69, 9.17) is 5.26 Å². The Morgan fingerprint density at radius 1 is 1.58 bits per heavy atom. The van der Waals surface area contributed by atoms with Crippen molar-refractivity contribution >= 4 is 11.1 Å². The second-order valence-electron chi connectivity index (χ2n) is 2.26. The molecule has 12 heavy (non-hydrogen) atoms. The lowest BCUT2D eigenvalue weighted by atomic mass is 10.2. The zero-order valence-corrected chi connectivity index (χ0v) is 7.00. The largest absolute Gasteiger partial charge is 0.772 e. The van der Waals surface area contributed by atoms with E-state index in [0.29, 0.717) is 11.1 Å². The first-order chi connectivity index (χ1) is 5.72. The molecule has 0 aliphatic heterocycles. The van der Waals surface area contributed by atoms with Crippen molar-refractivity contribution in [1.29, 1.82) is 5.26 Å². The minimum atomic E-state index is -2.09. The molecule has 3 nitrogen and oxygen atoms in total. The van der Waals surface area contributed by atoms with E-state index in [1.807, 2.05) is 6.07 Å². The third-order valence-electron chi connectivity index (χ3n) is 1.34. The first kappa shape index (κ1) is 8.91. The molecule has 1 unspecified atom stereocenters. The molecule has 62 valence electrons. The SMILES string of the molecule is N#Cc1cccc(CS(=O)[O-])c1. The fourth-order valence-electron chi connectivity index (χ4n) is 0.867. The van der Waals surface area contributed by atoms with Gasteiger partial charge >= 0.3 is 0 Å². The van der Waals surface area contributed by atoms with E-state index in [2.05, 4.69) is 0 Å². The smallest absolute Gasteiger partial charge is 0.0991 e. The number of benzene rings is 1. The maximum absolute atomic E-state index is 10.3. The number of hydrogen-bond donors (Lipinski definition) is 0. The molecule has 0 heterocycles. The minimum absolute atomic E-state index is 0.0322. The van der Waals surface area contributed by atoms with Gasteiger partial charge in [0.05, 0.1) is 11.6 Å². The molecule has 0 amide bonds. The summed E-state index contributed by atoms with van der Waals surface area (Å²) >= 11 is -2.09. The normalized spacial score (nSPS) is 12.0. The molecule has 0 aliphatic carbocycles. The van der Waals surface area contributed by atoms with Crippen LogP contribution < -0.4 is 0 Å². The van der Waals surface area contributed by atoms with Crippen LogP contribution in [0.15, 0.2) is 24.3 Å². The molecular formula is C8H6NO2S-. The highest BCUT2D eigenvalue weighted by molar-refractivity contribution is 7.78. The molecule has 1 aromatic rings. The molecule has 4 heteroatoms. The number of nitrogens with zero attached hydrogens (tertiary/aromatic N) is 1. The van der Waals surface area contributed by atoms with Crippen molar-refractivity contribution in [3.8, 4) is 6.07 Å². The average molecular weight is 180 g/mol. The van der Waals surface area contributed by atoms with Gasteiger partial charge in [-0.1, -0.05) is 23.2 Å². The minimum Gasteiger partial charge on any atom is -0.772 e. The molecule has 0 saturated heterocycles. The van der Waals surface area contributed by atoms with Crippen molar-refractivity contribution in [3.05, 3.63) is 35.4 Å². The van der Waals surface area contributed by atoms with Gasteiger partial charge in [0.15, 0.2) is 0 Å². The lowest BCUT2D eigenvalue weighted by Crippen LogP contribution is -1.93. The van der Waals surface area contributed by atoms with Gasteiger partial charge in [0.25, 0.3) is 0 Å². The van der Waals surface area contributed by atoms with Crippen molar-refractivity contribution in [2.24, 2.45) is 0 Å². The summed E-state index contributed by atoms with van der Waals surface area (Å²) in [5, 5.41) is 8.49. The highest BCUT2D eigenvalue weighted by Gasteiger charge is 1.94. The molecule has 0 aliphatic rings. The Morgan fingerprint density at radius 2 is 2.33 bits per heavy atom. The second kappa shape index (κ2) is 4.00. The lowest BCUT2D eigenvalue weighted by Gasteiger charge is -2.03. The van der Waals surface area contributed by atoms with E-state index in [1.54, 1.807) is 24.3 Å². The van der Waals surface area contributed by atoms with Gasteiger partial charge in [-0.3, -0.25) is 4.21 Å². The monoisotopic (exact) mass is 180 g/mol. The highest BCUT2D eigenvalue weighted by Crippen LogP contribution is 2.05. The zero-order valence-electron chi connectivity index (χ0n) is 6.19. The molecule has 0 N–H and O–H groups in total. The van der Waals surface area contributed by atoms with Gasteiger partial charge in [0, 0.05) is 5.75 Å². The van der Waals surface area contributed by atoms with Crippen molar-refractivity contribution < 1.29 is 8.76 Å². The Hall–Kier alpha value is -1.18. The van der Waals surface area contributed by atoms with E-state index in [9.17, 15) is 8.76 Å². The van der Waals surface area contributed by atoms with Gasteiger partial charge in [0.2, 0.25) is 0 Å². The van der Waals surface area contributed by atoms with E-state index < -0.39 is 11.1 Å². The summed E-state index contributed by atoms with van der Waals surface area (Å²) in [7, 11) is 0. The van der Waals surface area contributed by atoms with E-state index in [0.717, 1.165) is 0 Å². The van der Waals surface area contributed by atoms with Gasteiger partial charge in [-0.05, 0) is 17.7 Å². The van der Waals surface area contributed by atoms with Crippen LogP contribution in [0.5, 0.6) is 0 Å². The first-order valence-corrected chi connectivity index (χ1v) is 4.51. The van der Waals surface area contributed by atoms with Crippen LogP contribution in [0.4, 0.5) is 0 Å². The zero-order chi connectivity index (χ0) is 8.97. The fourth-order valence-corrected chi connectivity index (χ4v) is 1.32. The summed E-state index contributed by atoms with van der Waals surface area (Å²) < 4.78 is 20.6. The van der Waals surface area contributed by atoms with Crippen LogP contribution in [-0.2, 0) is 16.8 Å². The maximum atomic E-state index is 10.3. The van der Waals surface area contributed by atoms with Gasteiger partial charge in [0.1, 0.15) is 0 Å². The number of nitriles is 1. The van der Waals surface area contributed by atoms with Crippen LogP contribution in [0.2, 0.25) is 0 Å². The Bertz CT molecular complexity index is 343. The predicted octanol–water partition coefficient (Wildman–Crippen LogP) is 0.937. The van der Waals surface area contributed by atoms with Crippen LogP contribution in [0.25, 0.3) is 0 Å². The van der Waals surface area contributed by atoms with Crippen molar-refractivity contribution in [2.75, 3.05) is 0 Å². The topological polar surface area (TPSA) is 63.9 Å². The lowest BCUT2D eigenvalue weighted by molar-refractivity contribution is 0.536. The van der Waals surface area contributed by atoms with Gasteiger partial charge in [-0.2, -0.15) is 5.26 Å². The molecule has 0 saturated carbocycles. The van der Waals surface area contributed by atoms with Crippen molar-refractivity contribution in [2.45, 2.75) is 5.75 Å². The third-order valence-corrected chi connectivity index (χ3v) is 1.91. The summed E-state index contributed by atoms with van der Waals surface area (Å²) in [6, 6.07) is 8.49. The van der Waals surface area contributed by atoms with Crippen molar-refractivity contribution in [3.63, 3.8) is 0 Å². The van der Waals surface area contributed by atoms with Crippen LogP contribution in [0, 0.1) is 11.3 Å². The van der Waals surface area contributed by atoms with Gasteiger partial charge < -0.3 is 4.55 Å². The molecule has 1 rings (SSSR count). The van der Waals surface area contributed by atoms with Gasteiger partial charge in [-0.25, -0.2) is 0 Å². The van der Waals surface area contributed by atoms with Crippen molar-refractivity contribution in [1.82, 2.24) is 0 Å². The Balaban J connectivity index is 2.88. The summed E-state index contributed by atoms with van der Waals surface area (Å²) in [4.78, 5) is 0. The Morgan fingerprint density at radius 3 is 2.92 bits per heavy atom. The average Bonchev–Trinajstić information content (AvgIpc) is 2.03. The number of rotatable bonds is 2. The Kier molecular flexibility index (Phi) is 2.97. The first-order valence-electron chi connectivity index (χ1n) is 3.27. The number of hydrogen-bond acceptors (Lipinski definition) is 3. The molecule has 0 spiro atoms. The maximum Gasteiger partial charge on any atom is 0.0991 e. The quantitative estimate of drug-likeness (QED) is 0.636. The molecule has 0 aromatic heterocycles. The van der Waals surface area contributed by atoms with E-state index in [-0.39, 0.29) is 5.75 Å². The Labute approximate surface area is 72.9 Å². The summed E-state index contributed by atoms with van der Waals surface area (Å²) in [5.41, 5.74) is 1.13. The highest BCUT2D eigenvalue weighted by atomic mass is 32.2. The van der Waals surface area contributed by atoms with Crippen LogP contribution in [0.3, 0.4) is 0 Å². The molecule has 0 fully saturated rings. The summed E-state index contributed by atoms with van der Waals surface area (Å²) in [5.74, 6) is -0.0322. The summed E-state index contributed by atoms with van der Waals surface area (Å²) in [6.45, 7) is 0. The molecule has 1 aromatic carbocycles.